The van der Waals surface area contributed by atoms with E-state index in [1.807, 2.05) is 0 Å². The molecule has 0 unspecified atom stereocenters. The number of benzene rings is 1. The average Bonchev–Trinajstić information content (AvgIpc) is 3.07. The summed E-state index contributed by atoms with van der Waals surface area (Å²) in [6.45, 7) is 3.53. The van der Waals surface area contributed by atoms with E-state index in [1.54, 1.807) is 6.07 Å². The molecule has 0 bridgehead atoms. The number of likely N-dealkylation sites (tertiary alicyclic amines) is 1. The lowest BCUT2D eigenvalue weighted by Gasteiger charge is -2.32. The fourth-order valence-corrected chi connectivity index (χ4v) is 3.62. The number of carbonyl (C=O) groups excluding carboxylic acids is 1. The maximum atomic E-state index is 12.7. The van der Waals surface area contributed by atoms with E-state index in [0.29, 0.717) is 35.1 Å². The molecule has 3 rings (SSSR count). The summed E-state index contributed by atoms with van der Waals surface area (Å²) >= 11 is 6.16. The number of nitrogen functional groups attached to an aromatic ring is 1. The Bertz CT molecular complexity index is 616. The molecule has 1 aromatic rings. The number of halogens is 1. The van der Waals surface area contributed by atoms with Crippen LogP contribution in [0.15, 0.2) is 6.07 Å². The predicted octanol–water partition coefficient (Wildman–Crippen LogP) is 1.43. The van der Waals surface area contributed by atoms with E-state index in [9.17, 15) is 4.79 Å². The standard InChI is InChI=1S/C17H24ClN3O3/c18-14-10-13(16-12(15(14)19)4-9-24-16)17(23)20-11-2-6-21(7-3-11)5-1-8-22/h10-11,22H,1-9,19H2,(H,20,23). The lowest BCUT2D eigenvalue weighted by atomic mass is 10.0. The predicted molar refractivity (Wildman–Crippen MR) is 93.7 cm³/mol. The molecule has 0 saturated carbocycles. The second-order valence-corrected chi connectivity index (χ2v) is 6.80. The number of carbonyl (C=O) groups is 1. The monoisotopic (exact) mass is 353 g/mol. The van der Waals surface area contributed by atoms with Crippen molar-refractivity contribution < 1.29 is 14.6 Å². The second kappa shape index (κ2) is 7.59. The number of piperidine rings is 1. The number of anilines is 1. The molecule has 24 heavy (non-hydrogen) atoms. The Morgan fingerprint density at radius 2 is 2.21 bits per heavy atom. The molecular formula is C17H24ClN3O3. The van der Waals surface area contributed by atoms with Crippen LogP contribution < -0.4 is 15.8 Å². The molecular weight excluding hydrogens is 330 g/mol. The van der Waals surface area contributed by atoms with Crippen LogP contribution in [0.25, 0.3) is 0 Å². The number of nitrogens with one attached hydrogen (secondary N) is 1. The molecule has 2 aliphatic rings. The van der Waals surface area contributed by atoms with Crippen LogP contribution in [0, 0.1) is 0 Å². The number of rotatable bonds is 5. The average molecular weight is 354 g/mol. The molecule has 2 aliphatic heterocycles. The second-order valence-electron chi connectivity index (χ2n) is 6.39. The molecule has 1 amide bonds. The van der Waals surface area contributed by atoms with Gasteiger partial charge in [-0.05, 0) is 25.3 Å². The Morgan fingerprint density at radius 3 is 2.92 bits per heavy atom. The third-order valence-corrected chi connectivity index (χ3v) is 5.08. The molecule has 7 heteroatoms. The van der Waals surface area contributed by atoms with Crippen LogP contribution in [0.1, 0.15) is 35.2 Å². The van der Waals surface area contributed by atoms with E-state index in [4.69, 9.17) is 27.2 Å². The Morgan fingerprint density at radius 1 is 1.46 bits per heavy atom. The van der Waals surface area contributed by atoms with Crippen molar-refractivity contribution in [2.45, 2.75) is 31.7 Å². The third-order valence-electron chi connectivity index (χ3n) is 4.77. The number of nitrogens with zero attached hydrogens (tertiary/aromatic N) is 1. The van der Waals surface area contributed by atoms with Crippen molar-refractivity contribution in [1.82, 2.24) is 10.2 Å². The summed E-state index contributed by atoms with van der Waals surface area (Å²) in [6, 6.07) is 1.75. The van der Waals surface area contributed by atoms with Crippen molar-refractivity contribution >= 4 is 23.2 Å². The van der Waals surface area contributed by atoms with Gasteiger partial charge in [0.15, 0.2) is 0 Å². The van der Waals surface area contributed by atoms with Crippen molar-refractivity contribution in [2.75, 3.05) is 38.6 Å². The molecule has 6 nitrogen and oxygen atoms in total. The molecule has 132 valence electrons. The number of aliphatic hydroxyl groups is 1. The van der Waals surface area contributed by atoms with Gasteiger partial charge in [-0.25, -0.2) is 0 Å². The first kappa shape index (κ1) is 17.3. The van der Waals surface area contributed by atoms with E-state index in [0.717, 1.165) is 44.5 Å². The molecule has 2 heterocycles. The smallest absolute Gasteiger partial charge is 0.255 e. The van der Waals surface area contributed by atoms with E-state index >= 15 is 0 Å². The number of fused-ring (bicyclic) bond motifs is 1. The van der Waals surface area contributed by atoms with Crippen LogP contribution >= 0.6 is 11.6 Å². The summed E-state index contributed by atoms with van der Waals surface area (Å²) in [6.07, 6.45) is 3.29. The minimum absolute atomic E-state index is 0.149. The number of nitrogens with two attached hydrogens (primary N) is 1. The zero-order valence-electron chi connectivity index (χ0n) is 13.7. The van der Waals surface area contributed by atoms with Gasteiger partial charge in [0.25, 0.3) is 5.91 Å². The van der Waals surface area contributed by atoms with Crippen molar-refractivity contribution in [3.63, 3.8) is 0 Å². The van der Waals surface area contributed by atoms with E-state index < -0.39 is 0 Å². The van der Waals surface area contributed by atoms with Crippen molar-refractivity contribution in [3.8, 4) is 5.75 Å². The largest absolute Gasteiger partial charge is 0.492 e. The fraction of sp³-hybridized carbons (Fsp3) is 0.588. The van der Waals surface area contributed by atoms with Crippen LogP contribution in [0.4, 0.5) is 5.69 Å². The Kier molecular flexibility index (Phi) is 5.48. The van der Waals surface area contributed by atoms with Crippen LogP contribution in [-0.2, 0) is 6.42 Å². The number of hydrogen-bond donors (Lipinski definition) is 3. The van der Waals surface area contributed by atoms with Gasteiger partial charge in [0.1, 0.15) is 5.75 Å². The third kappa shape index (κ3) is 3.61. The summed E-state index contributed by atoms with van der Waals surface area (Å²) in [5.41, 5.74) is 7.80. The molecule has 0 aromatic heterocycles. The first-order valence-corrected chi connectivity index (χ1v) is 8.85. The van der Waals surface area contributed by atoms with Gasteiger partial charge in [0, 0.05) is 44.3 Å². The number of ether oxygens (including phenoxy) is 1. The normalized spacial score (nSPS) is 18.2. The van der Waals surface area contributed by atoms with E-state index in [2.05, 4.69) is 10.2 Å². The van der Waals surface area contributed by atoms with E-state index in [-0.39, 0.29) is 18.6 Å². The highest BCUT2D eigenvalue weighted by molar-refractivity contribution is 6.33. The lowest BCUT2D eigenvalue weighted by Crippen LogP contribution is -2.45. The van der Waals surface area contributed by atoms with Crippen LogP contribution in [0.5, 0.6) is 5.75 Å². The van der Waals surface area contributed by atoms with Crippen molar-refractivity contribution in [3.05, 3.63) is 22.2 Å². The van der Waals surface area contributed by atoms with Gasteiger partial charge in [-0.2, -0.15) is 0 Å². The van der Waals surface area contributed by atoms with Gasteiger partial charge in [-0.15, -0.1) is 0 Å². The van der Waals surface area contributed by atoms with Crippen LogP contribution in [0.3, 0.4) is 0 Å². The number of hydrogen-bond acceptors (Lipinski definition) is 5. The van der Waals surface area contributed by atoms with Gasteiger partial charge >= 0.3 is 0 Å². The van der Waals surface area contributed by atoms with Gasteiger partial charge in [0.2, 0.25) is 0 Å². The summed E-state index contributed by atoms with van der Waals surface area (Å²) < 4.78 is 5.61. The minimum atomic E-state index is -0.149. The van der Waals surface area contributed by atoms with Crippen LogP contribution in [-0.4, -0.2) is 54.8 Å². The summed E-state index contributed by atoms with van der Waals surface area (Å²) in [7, 11) is 0. The van der Waals surface area contributed by atoms with Gasteiger partial charge in [0.05, 0.1) is 22.9 Å². The SMILES string of the molecule is Nc1c(Cl)cc(C(=O)NC2CCN(CCCO)CC2)c2c1CCO2. The highest BCUT2D eigenvalue weighted by Crippen LogP contribution is 2.38. The molecule has 0 atom stereocenters. The highest BCUT2D eigenvalue weighted by atomic mass is 35.5. The maximum Gasteiger partial charge on any atom is 0.255 e. The zero-order valence-corrected chi connectivity index (χ0v) is 14.4. The molecule has 4 N–H and O–H groups in total. The maximum absolute atomic E-state index is 12.7. The topological polar surface area (TPSA) is 87.8 Å². The fourth-order valence-electron chi connectivity index (χ4n) is 3.39. The highest BCUT2D eigenvalue weighted by Gasteiger charge is 2.27. The summed E-state index contributed by atoms with van der Waals surface area (Å²) in [4.78, 5) is 15.0. The number of aliphatic hydroxyl groups excluding tert-OH is 1. The Hall–Kier alpha value is -1.50. The van der Waals surface area contributed by atoms with Crippen molar-refractivity contribution in [1.29, 1.82) is 0 Å². The molecule has 1 aromatic carbocycles. The molecule has 0 radical (unpaired) electrons. The van der Waals surface area contributed by atoms with Gasteiger partial charge in [-0.1, -0.05) is 11.6 Å². The minimum Gasteiger partial charge on any atom is -0.492 e. The van der Waals surface area contributed by atoms with Gasteiger partial charge < -0.3 is 25.8 Å². The molecule has 1 fully saturated rings. The van der Waals surface area contributed by atoms with Gasteiger partial charge in [-0.3, -0.25) is 4.79 Å². The molecule has 0 aliphatic carbocycles. The summed E-state index contributed by atoms with van der Waals surface area (Å²) in [5, 5.41) is 12.4. The molecule has 0 spiro atoms. The van der Waals surface area contributed by atoms with E-state index in [1.165, 1.54) is 0 Å². The first-order chi connectivity index (χ1) is 11.6. The Balaban J connectivity index is 1.63. The quantitative estimate of drug-likeness (QED) is 0.697. The molecule has 1 saturated heterocycles. The van der Waals surface area contributed by atoms with Crippen LogP contribution in [0.2, 0.25) is 5.02 Å². The zero-order chi connectivity index (χ0) is 17.1. The first-order valence-electron chi connectivity index (χ1n) is 8.48. The number of amides is 1. The Labute approximate surface area is 146 Å². The lowest BCUT2D eigenvalue weighted by molar-refractivity contribution is 0.0906. The van der Waals surface area contributed by atoms with Crippen molar-refractivity contribution in [2.24, 2.45) is 0 Å². The summed E-state index contributed by atoms with van der Waals surface area (Å²) in [5.74, 6) is 0.429.